The van der Waals surface area contributed by atoms with Crippen LogP contribution in [-0.2, 0) is 14.3 Å². The van der Waals surface area contributed by atoms with Crippen LogP contribution in [0.5, 0.6) is 0 Å². The summed E-state index contributed by atoms with van der Waals surface area (Å²) in [7, 11) is 0. The van der Waals surface area contributed by atoms with Gasteiger partial charge in [0.05, 0.1) is 0 Å². The van der Waals surface area contributed by atoms with Gasteiger partial charge in [0, 0.05) is 0 Å². The highest BCUT2D eigenvalue weighted by molar-refractivity contribution is 6.04. The Morgan fingerprint density at radius 2 is 1.53 bits per heavy atom. The number of nitrogens with two attached hydrogens (primary N) is 1. The van der Waals surface area contributed by atoms with Crippen LogP contribution in [0.4, 0.5) is 0 Å². The summed E-state index contributed by atoms with van der Waals surface area (Å²) < 4.78 is 5.07. The first-order valence-electron chi connectivity index (χ1n) is 5.54. The lowest BCUT2D eigenvalue weighted by Crippen LogP contribution is -2.58. The summed E-state index contributed by atoms with van der Waals surface area (Å²) in [4.78, 5) is 23.1. The van der Waals surface area contributed by atoms with E-state index in [1.807, 2.05) is 20.8 Å². The summed E-state index contributed by atoms with van der Waals surface area (Å²) in [6.45, 7) is 10.5. The summed E-state index contributed by atoms with van der Waals surface area (Å²) >= 11 is 0. The first-order valence-corrected chi connectivity index (χ1v) is 5.54. The number of hydrogen-bond acceptors (Lipinski definition) is 4. The van der Waals surface area contributed by atoms with E-state index in [1.54, 1.807) is 20.8 Å². The van der Waals surface area contributed by atoms with Gasteiger partial charge in [-0.2, -0.15) is 0 Å². The molecule has 100 valence electrons. The molecule has 5 heteroatoms. The molecule has 17 heavy (non-hydrogen) atoms. The standard InChI is InChI=1S/C12H23NO4/c1-10(2,3)7-12(13,8(14)15)9(16)17-11(4,5)6/h7,13H2,1-6H3,(H,14,15)/t12-/m1/s1. The zero-order valence-electron chi connectivity index (χ0n) is 11.5. The van der Waals surface area contributed by atoms with Crippen molar-refractivity contribution in [3.8, 4) is 0 Å². The molecule has 3 N–H and O–H groups in total. The molecule has 0 amide bonds. The fourth-order valence-corrected chi connectivity index (χ4v) is 1.44. The van der Waals surface area contributed by atoms with Crippen LogP contribution in [0.25, 0.3) is 0 Å². The summed E-state index contributed by atoms with van der Waals surface area (Å²) in [6, 6.07) is 0. The summed E-state index contributed by atoms with van der Waals surface area (Å²) in [5.41, 5.74) is 2.57. The van der Waals surface area contributed by atoms with Crippen molar-refractivity contribution in [3.05, 3.63) is 0 Å². The maximum Gasteiger partial charge on any atom is 0.338 e. The summed E-state index contributed by atoms with van der Waals surface area (Å²) in [5.74, 6) is -2.26. The highest BCUT2D eigenvalue weighted by Gasteiger charge is 2.47. The lowest BCUT2D eigenvalue weighted by atomic mass is 9.80. The zero-order valence-corrected chi connectivity index (χ0v) is 11.5. The second kappa shape index (κ2) is 4.64. The van der Waals surface area contributed by atoms with E-state index >= 15 is 0 Å². The Hall–Kier alpha value is -1.10. The van der Waals surface area contributed by atoms with Crippen LogP contribution in [-0.4, -0.2) is 28.2 Å². The molecule has 0 heterocycles. The molecule has 5 nitrogen and oxygen atoms in total. The predicted molar refractivity (Wildman–Crippen MR) is 64.5 cm³/mol. The lowest BCUT2D eigenvalue weighted by Gasteiger charge is -2.32. The largest absolute Gasteiger partial charge is 0.479 e. The van der Waals surface area contributed by atoms with Crippen LogP contribution in [0, 0.1) is 5.41 Å². The van der Waals surface area contributed by atoms with E-state index < -0.39 is 23.1 Å². The Morgan fingerprint density at radius 1 is 1.12 bits per heavy atom. The molecule has 0 rings (SSSR count). The van der Waals surface area contributed by atoms with Crippen molar-refractivity contribution >= 4 is 11.9 Å². The van der Waals surface area contributed by atoms with Crippen molar-refractivity contribution in [3.63, 3.8) is 0 Å². The van der Waals surface area contributed by atoms with Gasteiger partial charge in [-0.05, 0) is 32.6 Å². The lowest BCUT2D eigenvalue weighted by molar-refractivity contribution is -0.170. The fraction of sp³-hybridized carbons (Fsp3) is 0.833. The Labute approximate surface area is 102 Å². The van der Waals surface area contributed by atoms with Gasteiger partial charge in [0.15, 0.2) is 0 Å². The quantitative estimate of drug-likeness (QED) is 0.581. The molecule has 0 aromatic heterocycles. The van der Waals surface area contributed by atoms with E-state index in [-0.39, 0.29) is 11.8 Å². The van der Waals surface area contributed by atoms with Gasteiger partial charge in [-0.15, -0.1) is 0 Å². The minimum atomic E-state index is -1.99. The van der Waals surface area contributed by atoms with E-state index in [0.29, 0.717) is 0 Å². The topological polar surface area (TPSA) is 89.6 Å². The number of aliphatic carboxylic acids is 1. The molecule has 0 aromatic carbocycles. The molecule has 0 radical (unpaired) electrons. The molecule has 0 aliphatic carbocycles. The maximum absolute atomic E-state index is 11.9. The highest BCUT2D eigenvalue weighted by atomic mass is 16.6. The molecule has 0 aliphatic heterocycles. The Balaban J connectivity index is 5.10. The van der Waals surface area contributed by atoms with E-state index in [4.69, 9.17) is 15.6 Å². The minimum absolute atomic E-state index is 0.0181. The highest BCUT2D eigenvalue weighted by Crippen LogP contribution is 2.28. The van der Waals surface area contributed by atoms with Crippen molar-refractivity contribution in [1.29, 1.82) is 0 Å². The average molecular weight is 245 g/mol. The number of esters is 1. The van der Waals surface area contributed by atoms with E-state index in [9.17, 15) is 9.59 Å². The minimum Gasteiger partial charge on any atom is -0.479 e. The second-order valence-electron chi connectivity index (χ2n) is 6.52. The van der Waals surface area contributed by atoms with E-state index in [2.05, 4.69) is 0 Å². The van der Waals surface area contributed by atoms with Gasteiger partial charge in [-0.3, -0.25) is 0 Å². The Bertz CT molecular complexity index is 311. The van der Waals surface area contributed by atoms with Crippen molar-refractivity contribution in [2.75, 3.05) is 0 Å². The molecule has 0 aliphatic rings. The molecule has 0 fully saturated rings. The molecule has 0 spiro atoms. The number of carboxylic acids is 1. The van der Waals surface area contributed by atoms with Crippen LogP contribution >= 0.6 is 0 Å². The molecular weight excluding hydrogens is 222 g/mol. The van der Waals surface area contributed by atoms with Crippen LogP contribution < -0.4 is 5.73 Å². The van der Waals surface area contributed by atoms with E-state index in [0.717, 1.165) is 0 Å². The number of rotatable bonds is 3. The third kappa shape index (κ3) is 5.17. The van der Waals surface area contributed by atoms with Gasteiger partial charge in [0.2, 0.25) is 5.54 Å². The number of carboxylic acid groups (broad SMARTS) is 1. The average Bonchev–Trinajstić information content (AvgIpc) is 1.96. The van der Waals surface area contributed by atoms with Gasteiger partial charge in [-0.1, -0.05) is 20.8 Å². The number of carbonyl (C=O) groups is 2. The fourth-order valence-electron chi connectivity index (χ4n) is 1.44. The van der Waals surface area contributed by atoms with Gasteiger partial charge in [-0.25, -0.2) is 9.59 Å². The molecular formula is C12H23NO4. The molecule has 0 aromatic rings. The van der Waals surface area contributed by atoms with Gasteiger partial charge in [0.25, 0.3) is 0 Å². The molecule has 1 atom stereocenters. The van der Waals surface area contributed by atoms with Crippen molar-refractivity contribution in [2.24, 2.45) is 11.1 Å². The normalized spacial score (nSPS) is 16.2. The van der Waals surface area contributed by atoms with Crippen LogP contribution in [0.3, 0.4) is 0 Å². The smallest absolute Gasteiger partial charge is 0.338 e. The first-order chi connectivity index (χ1) is 7.28. The SMILES string of the molecule is CC(C)(C)C[C@@](N)(C(=O)O)C(=O)OC(C)(C)C. The van der Waals surface area contributed by atoms with Gasteiger partial charge < -0.3 is 15.6 Å². The third-order valence-electron chi connectivity index (χ3n) is 1.95. The van der Waals surface area contributed by atoms with Crippen molar-refractivity contribution in [1.82, 2.24) is 0 Å². The molecule has 0 saturated heterocycles. The Kier molecular flexibility index (Phi) is 4.34. The van der Waals surface area contributed by atoms with Crippen LogP contribution in [0.15, 0.2) is 0 Å². The van der Waals surface area contributed by atoms with Gasteiger partial charge >= 0.3 is 11.9 Å². The maximum atomic E-state index is 11.9. The monoisotopic (exact) mass is 245 g/mol. The predicted octanol–water partition coefficient (Wildman–Crippen LogP) is 1.55. The van der Waals surface area contributed by atoms with Gasteiger partial charge in [0.1, 0.15) is 5.60 Å². The van der Waals surface area contributed by atoms with Crippen molar-refractivity contribution < 1.29 is 19.4 Å². The second-order valence-corrected chi connectivity index (χ2v) is 6.52. The first kappa shape index (κ1) is 15.9. The van der Waals surface area contributed by atoms with Crippen molar-refractivity contribution in [2.45, 2.75) is 59.1 Å². The molecule has 0 unspecified atom stereocenters. The summed E-state index contributed by atoms with van der Waals surface area (Å²) in [6.07, 6.45) is 0.0181. The van der Waals surface area contributed by atoms with E-state index in [1.165, 1.54) is 0 Å². The Morgan fingerprint density at radius 3 is 1.76 bits per heavy atom. The molecule has 0 bridgehead atoms. The number of hydrogen-bond donors (Lipinski definition) is 2. The van der Waals surface area contributed by atoms with Crippen LogP contribution in [0.2, 0.25) is 0 Å². The number of ether oxygens (including phenoxy) is 1. The number of carbonyl (C=O) groups excluding carboxylic acids is 1. The molecule has 0 saturated carbocycles. The van der Waals surface area contributed by atoms with Crippen LogP contribution in [0.1, 0.15) is 48.0 Å². The summed E-state index contributed by atoms with van der Waals surface area (Å²) in [5, 5.41) is 9.14. The zero-order chi connectivity index (χ0) is 14.1. The third-order valence-corrected chi connectivity index (χ3v) is 1.95.